The second-order valence-corrected chi connectivity index (χ2v) is 5.12. The van der Waals surface area contributed by atoms with E-state index in [1.54, 1.807) is 4.90 Å². The molecular weight excluding hydrogens is 268 g/mol. The molecule has 21 heavy (non-hydrogen) atoms. The van der Waals surface area contributed by atoms with Gasteiger partial charge in [0, 0.05) is 25.5 Å². The van der Waals surface area contributed by atoms with Gasteiger partial charge < -0.3 is 9.80 Å². The van der Waals surface area contributed by atoms with Crippen molar-refractivity contribution in [1.29, 1.82) is 0 Å². The lowest BCUT2D eigenvalue weighted by atomic mass is 10.2. The van der Waals surface area contributed by atoms with Gasteiger partial charge in [0.25, 0.3) is 0 Å². The second-order valence-electron chi connectivity index (χ2n) is 5.12. The van der Waals surface area contributed by atoms with E-state index in [4.69, 9.17) is 5.84 Å². The van der Waals surface area contributed by atoms with E-state index in [0.29, 0.717) is 12.5 Å². The van der Waals surface area contributed by atoms with Crippen molar-refractivity contribution in [3.8, 4) is 0 Å². The van der Waals surface area contributed by atoms with Gasteiger partial charge in [0.05, 0.1) is 12.1 Å². The van der Waals surface area contributed by atoms with Crippen LogP contribution in [0.2, 0.25) is 0 Å². The van der Waals surface area contributed by atoms with Crippen molar-refractivity contribution >= 4 is 28.6 Å². The number of nitrogens with zero attached hydrogens (tertiary/aromatic N) is 4. The number of carbonyl (C=O) groups is 1. The molecule has 0 unspecified atom stereocenters. The zero-order chi connectivity index (χ0) is 14.8. The first-order valence-electron chi connectivity index (χ1n) is 6.91. The molecule has 0 saturated carbocycles. The first kappa shape index (κ1) is 13.6. The topological polar surface area (TPSA) is 87.4 Å². The third-order valence-electron chi connectivity index (χ3n) is 3.69. The van der Waals surface area contributed by atoms with Crippen LogP contribution in [0.25, 0.3) is 10.9 Å². The highest BCUT2D eigenvalue weighted by molar-refractivity contribution is 5.92. The van der Waals surface area contributed by atoms with E-state index in [1.807, 2.05) is 36.2 Å². The van der Waals surface area contributed by atoms with Gasteiger partial charge in [-0.1, -0.05) is 12.1 Å². The molecule has 3 N–H and O–H groups in total. The molecule has 2 heterocycles. The number of hydrogen-bond donors (Lipinski definition) is 2. The minimum Gasteiger partial charge on any atom is -0.347 e. The lowest BCUT2D eigenvalue weighted by Gasteiger charge is -2.22. The third-order valence-corrected chi connectivity index (χ3v) is 3.69. The second kappa shape index (κ2) is 5.53. The van der Waals surface area contributed by atoms with Crippen molar-refractivity contribution < 1.29 is 4.79 Å². The Bertz CT molecular complexity index is 674. The molecule has 1 aliphatic heterocycles. The van der Waals surface area contributed by atoms with E-state index in [0.717, 1.165) is 36.2 Å². The largest absolute Gasteiger partial charge is 0.347 e. The van der Waals surface area contributed by atoms with Gasteiger partial charge in [-0.25, -0.2) is 10.8 Å². The number of para-hydroxylation sites is 1. The molecule has 1 fully saturated rings. The standard InChI is InChI=1S/C14H18N6O/c1-19-7-4-8-20(9-12(19)21)13-10-5-2-3-6-11(10)16-14(17-13)18-15/h2-3,5-6H,4,7-9,15H2,1H3,(H,16,17,18). The highest BCUT2D eigenvalue weighted by atomic mass is 16.2. The summed E-state index contributed by atoms with van der Waals surface area (Å²) in [5.74, 6) is 6.65. The minimum absolute atomic E-state index is 0.0949. The molecular formula is C14H18N6O. The summed E-state index contributed by atoms with van der Waals surface area (Å²) in [5, 5.41) is 0.925. The molecule has 7 nitrogen and oxygen atoms in total. The van der Waals surface area contributed by atoms with Gasteiger partial charge in [0.2, 0.25) is 11.9 Å². The number of anilines is 2. The molecule has 0 spiro atoms. The van der Waals surface area contributed by atoms with Crippen LogP contribution in [0, 0.1) is 0 Å². The van der Waals surface area contributed by atoms with E-state index >= 15 is 0 Å². The summed E-state index contributed by atoms with van der Waals surface area (Å²) in [5.41, 5.74) is 3.30. The van der Waals surface area contributed by atoms with E-state index in [-0.39, 0.29) is 5.91 Å². The Morgan fingerprint density at radius 2 is 2.05 bits per heavy atom. The number of rotatable bonds is 2. The molecule has 1 aliphatic rings. The molecule has 1 aromatic carbocycles. The number of aromatic nitrogens is 2. The van der Waals surface area contributed by atoms with Crippen LogP contribution in [0.1, 0.15) is 6.42 Å². The van der Waals surface area contributed by atoms with E-state index in [9.17, 15) is 4.79 Å². The number of hydrogen-bond acceptors (Lipinski definition) is 6. The lowest BCUT2D eigenvalue weighted by Crippen LogP contribution is -2.35. The van der Waals surface area contributed by atoms with Crippen molar-refractivity contribution in [2.45, 2.75) is 6.42 Å². The Kier molecular flexibility index (Phi) is 3.57. The summed E-state index contributed by atoms with van der Waals surface area (Å²) in [6.07, 6.45) is 0.909. The number of fused-ring (bicyclic) bond motifs is 1. The van der Waals surface area contributed by atoms with Crippen LogP contribution in [0.4, 0.5) is 11.8 Å². The monoisotopic (exact) mass is 286 g/mol. The first-order chi connectivity index (χ1) is 10.2. The fraction of sp³-hybridized carbons (Fsp3) is 0.357. The van der Waals surface area contributed by atoms with Gasteiger partial charge in [-0.05, 0) is 18.6 Å². The number of carbonyl (C=O) groups excluding carboxylic acids is 1. The molecule has 3 rings (SSSR count). The number of amides is 1. The highest BCUT2D eigenvalue weighted by Crippen LogP contribution is 2.26. The average molecular weight is 286 g/mol. The molecule has 1 aromatic heterocycles. The van der Waals surface area contributed by atoms with Crippen molar-refractivity contribution in [1.82, 2.24) is 14.9 Å². The normalized spacial score (nSPS) is 16.2. The Balaban J connectivity index is 2.07. The summed E-state index contributed by atoms with van der Waals surface area (Å²) >= 11 is 0. The van der Waals surface area contributed by atoms with Crippen molar-refractivity contribution in [2.75, 3.05) is 37.0 Å². The summed E-state index contributed by atoms with van der Waals surface area (Å²) in [7, 11) is 1.83. The van der Waals surface area contributed by atoms with Gasteiger partial charge >= 0.3 is 0 Å². The van der Waals surface area contributed by atoms with Crippen LogP contribution in [0.5, 0.6) is 0 Å². The highest BCUT2D eigenvalue weighted by Gasteiger charge is 2.22. The van der Waals surface area contributed by atoms with Crippen molar-refractivity contribution in [2.24, 2.45) is 5.84 Å². The third kappa shape index (κ3) is 2.59. The van der Waals surface area contributed by atoms with Gasteiger partial charge in [-0.3, -0.25) is 10.2 Å². The SMILES string of the molecule is CN1CCCN(c2nc(NN)nc3ccccc23)CC1=O. The van der Waals surface area contributed by atoms with Crippen LogP contribution < -0.4 is 16.2 Å². The number of nitrogen functional groups attached to an aromatic ring is 1. The molecule has 0 aliphatic carbocycles. The maximum Gasteiger partial charge on any atom is 0.241 e. The molecule has 2 aromatic rings. The summed E-state index contributed by atoms with van der Waals surface area (Å²) in [4.78, 5) is 24.6. The number of benzene rings is 1. The van der Waals surface area contributed by atoms with Gasteiger partial charge in [-0.15, -0.1) is 0 Å². The quantitative estimate of drug-likeness (QED) is 0.620. The van der Waals surface area contributed by atoms with E-state index in [2.05, 4.69) is 15.4 Å². The maximum atomic E-state index is 12.1. The van der Waals surface area contributed by atoms with E-state index < -0.39 is 0 Å². The number of nitrogens with one attached hydrogen (secondary N) is 1. The van der Waals surface area contributed by atoms with Crippen molar-refractivity contribution in [3.63, 3.8) is 0 Å². The van der Waals surface area contributed by atoms with Gasteiger partial charge in [0.1, 0.15) is 5.82 Å². The number of likely N-dealkylation sites (N-methyl/N-ethyl adjacent to an activating group) is 1. The Morgan fingerprint density at radius 3 is 2.86 bits per heavy atom. The van der Waals surface area contributed by atoms with Gasteiger partial charge in [-0.2, -0.15) is 4.98 Å². The zero-order valence-electron chi connectivity index (χ0n) is 11.9. The predicted molar refractivity (Wildman–Crippen MR) is 81.8 cm³/mol. The molecule has 0 radical (unpaired) electrons. The van der Waals surface area contributed by atoms with Crippen LogP contribution in [0.15, 0.2) is 24.3 Å². The Morgan fingerprint density at radius 1 is 1.24 bits per heavy atom. The summed E-state index contributed by atoms with van der Waals surface area (Å²) in [6.45, 7) is 1.86. The number of nitrogens with two attached hydrogens (primary N) is 1. The van der Waals surface area contributed by atoms with Crippen LogP contribution in [-0.4, -0.2) is 47.5 Å². The zero-order valence-corrected chi connectivity index (χ0v) is 11.9. The van der Waals surface area contributed by atoms with E-state index in [1.165, 1.54) is 0 Å². The maximum absolute atomic E-state index is 12.1. The van der Waals surface area contributed by atoms with Gasteiger partial charge in [0.15, 0.2) is 0 Å². The smallest absolute Gasteiger partial charge is 0.241 e. The summed E-state index contributed by atoms with van der Waals surface area (Å²) in [6, 6.07) is 7.73. The Hall–Kier alpha value is -2.41. The minimum atomic E-state index is 0.0949. The molecule has 1 saturated heterocycles. The average Bonchev–Trinajstić information content (AvgIpc) is 2.68. The molecule has 7 heteroatoms. The van der Waals surface area contributed by atoms with Crippen molar-refractivity contribution in [3.05, 3.63) is 24.3 Å². The summed E-state index contributed by atoms with van der Waals surface area (Å²) < 4.78 is 0. The molecule has 110 valence electrons. The predicted octanol–water partition coefficient (Wildman–Crippen LogP) is 0.584. The first-order valence-corrected chi connectivity index (χ1v) is 6.91. The number of hydrazine groups is 1. The van der Waals surface area contributed by atoms with Crippen LogP contribution in [0.3, 0.4) is 0 Å². The molecule has 0 atom stereocenters. The molecule has 1 amide bonds. The lowest BCUT2D eigenvalue weighted by molar-refractivity contribution is -0.127. The van der Waals surface area contributed by atoms with Crippen LogP contribution in [-0.2, 0) is 4.79 Å². The van der Waals surface area contributed by atoms with Crippen LogP contribution >= 0.6 is 0 Å². The Labute approximate surface area is 122 Å². The molecule has 0 bridgehead atoms. The fourth-order valence-corrected chi connectivity index (χ4v) is 2.53. The fourth-order valence-electron chi connectivity index (χ4n) is 2.53.